The number of hydrogen-bond acceptors (Lipinski definition) is 3. The first-order chi connectivity index (χ1) is 7.04. The van der Waals surface area contributed by atoms with Crippen LogP contribution in [-0.4, -0.2) is 30.4 Å². The topological polar surface area (TPSA) is 59.5 Å². The molecule has 2 N–H and O–H groups in total. The number of aryl methyl sites for hydroxylation is 1. The molecule has 0 aliphatic heterocycles. The molecule has 15 heavy (non-hydrogen) atoms. The van der Waals surface area contributed by atoms with E-state index in [0.717, 1.165) is 12.2 Å². The molecule has 1 unspecified atom stereocenters. The molecule has 1 heterocycles. The molecule has 0 spiro atoms. The van der Waals surface area contributed by atoms with E-state index >= 15 is 0 Å². The lowest BCUT2D eigenvalue weighted by Crippen LogP contribution is -2.36. The fourth-order valence-electron chi connectivity index (χ4n) is 1.39. The molecule has 1 atom stereocenters. The predicted octanol–water partition coefficient (Wildman–Crippen LogP) is 1.26. The third-order valence-electron chi connectivity index (χ3n) is 2.13. The van der Waals surface area contributed by atoms with Crippen molar-refractivity contribution in [2.45, 2.75) is 26.3 Å². The van der Waals surface area contributed by atoms with Crippen molar-refractivity contribution in [1.82, 2.24) is 4.90 Å². The summed E-state index contributed by atoms with van der Waals surface area (Å²) in [6.07, 6.45) is 0.796. The highest BCUT2D eigenvalue weighted by molar-refractivity contribution is 5.91. The van der Waals surface area contributed by atoms with Crippen LogP contribution in [0.15, 0.2) is 16.5 Å². The van der Waals surface area contributed by atoms with Gasteiger partial charge < -0.3 is 15.1 Å². The molecule has 0 saturated carbocycles. The van der Waals surface area contributed by atoms with Crippen LogP contribution in [0.3, 0.4) is 0 Å². The van der Waals surface area contributed by atoms with Gasteiger partial charge in [-0.25, -0.2) is 0 Å². The number of carbonyl (C=O) groups is 1. The zero-order chi connectivity index (χ0) is 11.4. The molecule has 0 aromatic carbocycles. The van der Waals surface area contributed by atoms with Gasteiger partial charge in [0.25, 0.3) is 5.91 Å². The van der Waals surface area contributed by atoms with Crippen LogP contribution in [0.2, 0.25) is 0 Å². The van der Waals surface area contributed by atoms with E-state index in [0.29, 0.717) is 12.3 Å². The van der Waals surface area contributed by atoms with Gasteiger partial charge in [0.1, 0.15) is 5.76 Å². The lowest BCUT2D eigenvalue weighted by atomic mass is 10.3. The number of nitrogens with two attached hydrogens (primary N) is 1. The van der Waals surface area contributed by atoms with Gasteiger partial charge in [0.2, 0.25) is 0 Å². The van der Waals surface area contributed by atoms with Gasteiger partial charge in [-0.05, 0) is 19.1 Å². The Morgan fingerprint density at radius 1 is 1.60 bits per heavy atom. The fraction of sp³-hybridized carbons (Fsp3) is 0.545. The summed E-state index contributed by atoms with van der Waals surface area (Å²) < 4.78 is 5.37. The van der Waals surface area contributed by atoms with Crippen molar-refractivity contribution in [3.8, 4) is 0 Å². The number of furan rings is 1. The minimum absolute atomic E-state index is 0.0282. The standard InChI is InChI=1S/C11H18N2O2/c1-4-9-5-6-10(15-9)11(14)13(3)7-8(2)12/h5-6,8H,4,7,12H2,1-3H3. The van der Waals surface area contributed by atoms with Crippen LogP contribution >= 0.6 is 0 Å². The number of nitrogens with zero attached hydrogens (tertiary/aromatic N) is 1. The number of likely N-dealkylation sites (N-methyl/N-ethyl adjacent to an activating group) is 1. The van der Waals surface area contributed by atoms with Crippen molar-refractivity contribution < 1.29 is 9.21 Å². The summed E-state index contributed by atoms with van der Waals surface area (Å²) in [6.45, 7) is 4.38. The lowest BCUT2D eigenvalue weighted by Gasteiger charge is -2.17. The molecule has 1 rings (SSSR count). The van der Waals surface area contributed by atoms with E-state index in [-0.39, 0.29) is 11.9 Å². The molecule has 0 fully saturated rings. The van der Waals surface area contributed by atoms with Gasteiger partial charge in [-0.3, -0.25) is 4.79 Å². The minimum atomic E-state index is -0.119. The van der Waals surface area contributed by atoms with Crippen LogP contribution in [-0.2, 0) is 6.42 Å². The molecule has 0 saturated heterocycles. The Kier molecular flexibility index (Phi) is 3.91. The molecule has 0 aliphatic carbocycles. The molecule has 0 radical (unpaired) electrons. The Hall–Kier alpha value is -1.29. The Bertz CT molecular complexity index is 331. The number of carbonyl (C=O) groups excluding carboxylic acids is 1. The molecule has 84 valence electrons. The van der Waals surface area contributed by atoms with E-state index in [1.54, 1.807) is 18.0 Å². The Labute approximate surface area is 90.0 Å². The van der Waals surface area contributed by atoms with Crippen molar-refractivity contribution in [2.75, 3.05) is 13.6 Å². The van der Waals surface area contributed by atoms with Crippen LogP contribution in [0.1, 0.15) is 30.2 Å². The summed E-state index contributed by atoms with van der Waals surface area (Å²) in [5, 5.41) is 0. The molecule has 1 aromatic rings. The van der Waals surface area contributed by atoms with Crippen LogP contribution in [0, 0.1) is 0 Å². The van der Waals surface area contributed by atoms with E-state index in [9.17, 15) is 4.79 Å². The third kappa shape index (κ3) is 3.09. The summed E-state index contributed by atoms with van der Waals surface area (Å²) >= 11 is 0. The van der Waals surface area contributed by atoms with Gasteiger partial charge in [-0.1, -0.05) is 6.92 Å². The maximum Gasteiger partial charge on any atom is 0.289 e. The highest BCUT2D eigenvalue weighted by Gasteiger charge is 2.16. The Morgan fingerprint density at radius 3 is 2.73 bits per heavy atom. The zero-order valence-electron chi connectivity index (χ0n) is 9.49. The van der Waals surface area contributed by atoms with Crippen molar-refractivity contribution in [2.24, 2.45) is 5.73 Å². The largest absolute Gasteiger partial charge is 0.456 e. The lowest BCUT2D eigenvalue weighted by molar-refractivity contribution is 0.0755. The van der Waals surface area contributed by atoms with Crippen molar-refractivity contribution >= 4 is 5.91 Å². The van der Waals surface area contributed by atoms with Gasteiger partial charge in [0, 0.05) is 26.1 Å². The van der Waals surface area contributed by atoms with Gasteiger partial charge in [0.15, 0.2) is 5.76 Å². The maximum absolute atomic E-state index is 11.8. The van der Waals surface area contributed by atoms with E-state index in [4.69, 9.17) is 10.2 Å². The molecule has 1 aromatic heterocycles. The average molecular weight is 210 g/mol. The summed E-state index contributed by atoms with van der Waals surface area (Å²) in [5.41, 5.74) is 5.62. The molecule has 4 heteroatoms. The van der Waals surface area contributed by atoms with E-state index in [2.05, 4.69) is 0 Å². The van der Waals surface area contributed by atoms with E-state index in [1.807, 2.05) is 19.9 Å². The number of hydrogen-bond donors (Lipinski definition) is 1. The fourth-order valence-corrected chi connectivity index (χ4v) is 1.39. The summed E-state index contributed by atoms with van der Waals surface area (Å²) in [7, 11) is 1.72. The van der Waals surface area contributed by atoms with Crippen LogP contribution in [0.5, 0.6) is 0 Å². The Balaban J connectivity index is 2.67. The second-order valence-electron chi connectivity index (χ2n) is 3.78. The third-order valence-corrected chi connectivity index (χ3v) is 2.13. The molecule has 1 amide bonds. The highest BCUT2D eigenvalue weighted by atomic mass is 16.4. The summed E-state index contributed by atoms with van der Waals surface area (Å²) in [6, 6.07) is 3.51. The second kappa shape index (κ2) is 4.98. The number of amides is 1. The van der Waals surface area contributed by atoms with Crippen LogP contribution in [0.25, 0.3) is 0 Å². The zero-order valence-corrected chi connectivity index (χ0v) is 9.49. The normalized spacial score (nSPS) is 12.5. The van der Waals surface area contributed by atoms with Gasteiger partial charge in [-0.15, -0.1) is 0 Å². The molecular formula is C11H18N2O2. The molecule has 0 bridgehead atoms. The van der Waals surface area contributed by atoms with Gasteiger partial charge in [-0.2, -0.15) is 0 Å². The molecule has 4 nitrogen and oxygen atoms in total. The molecular weight excluding hydrogens is 192 g/mol. The van der Waals surface area contributed by atoms with E-state index in [1.165, 1.54) is 0 Å². The first-order valence-electron chi connectivity index (χ1n) is 5.14. The van der Waals surface area contributed by atoms with Crippen LogP contribution < -0.4 is 5.73 Å². The second-order valence-corrected chi connectivity index (χ2v) is 3.78. The number of rotatable bonds is 4. The SMILES string of the molecule is CCc1ccc(C(=O)N(C)CC(C)N)o1. The molecule has 0 aliphatic rings. The van der Waals surface area contributed by atoms with Crippen molar-refractivity contribution in [3.05, 3.63) is 23.7 Å². The maximum atomic E-state index is 11.8. The van der Waals surface area contributed by atoms with Crippen molar-refractivity contribution in [1.29, 1.82) is 0 Å². The highest BCUT2D eigenvalue weighted by Crippen LogP contribution is 2.10. The van der Waals surface area contributed by atoms with Crippen LogP contribution in [0.4, 0.5) is 0 Å². The summed E-state index contributed by atoms with van der Waals surface area (Å²) in [5.74, 6) is 1.09. The monoisotopic (exact) mass is 210 g/mol. The quantitative estimate of drug-likeness (QED) is 0.814. The first-order valence-corrected chi connectivity index (χ1v) is 5.14. The minimum Gasteiger partial charge on any atom is -0.456 e. The Morgan fingerprint density at radius 2 is 2.27 bits per heavy atom. The van der Waals surface area contributed by atoms with Crippen molar-refractivity contribution in [3.63, 3.8) is 0 Å². The smallest absolute Gasteiger partial charge is 0.289 e. The summed E-state index contributed by atoms with van der Waals surface area (Å²) in [4.78, 5) is 13.4. The van der Waals surface area contributed by atoms with E-state index < -0.39 is 0 Å². The average Bonchev–Trinajstić information content (AvgIpc) is 2.63. The van der Waals surface area contributed by atoms with Gasteiger partial charge >= 0.3 is 0 Å². The first kappa shape index (κ1) is 11.8. The van der Waals surface area contributed by atoms with Gasteiger partial charge in [0.05, 0.1) is 0 Å². The predicted molar refractivity (Wildman–Crippen MR) is 58.7 cm³/mol.